The first kappa shape index (κ1) is 20.6. The van der Waals surface area contributed by atoms with Crippen molar-refractivity contribution in [3.05, 3.63) is 18.0 Å². The van der Waals surface area contributed by atoms with Gasteiger partial charge < -0.3 is 10.1 Å². The second-order valence-corrected chi connectivity index (χ2v) is 9.09. The Hall–Kier alpha value is -1.43. The van der Waals surface area contributed by atoms with Gasteiger partial charge in [-0.2, -0.15) is 5.10 Å². The molecular formula is C18H31N3O2S. The Balaban J connectivity index is 2.31. The molecule has 0 amide bonds. The van der Waals surface area contributed by atoms with Crippen molar-refractivity contribution in [2.75, 3.05) is 6.54 Å². The summed E-state index contributed by atoms with van der Waals surface area (Å²) in [5.41, 5.74) is 1.03. The van der Waals surface area contributed by atoms with Crippen LogP contribution in [0.4, 0.5) is 0 Å². The van der Waals surface area contributed by atoms with Crippen LogP contribution in [0.2, 0.25) is 0 Å². The van der Waals surface area contributed by atoms with Crippen LogP contribution >= 0.6 is 12.2 Å². The molecule has 0 radical (unpaired) electrons. The first-order valence-electron chi connectivity index (χ1n) is 8.38. The molecule has 5 nitrogen and oxygen atoms in total. The van der Waals surface area contributed by atoms with Crippen molar-refractivity contribution in [3.63, 3.8) is 0 Å². The lowest BCUT2D eigenvalue weighted by atomic mass is 9.92. The van der Waals surface area contributed by atoms with Crippen LogP contribution in [-0.2, 0) is 22.7 Å². The maximum atomic E-state index is 11.7. The molecule has 0 aromatic carbocycles. The molecule has 1 aromatic rings. The van der Waals surface area contributed by atoms with Crippen molar-refractivity contribution in [2.24, 2.45) is 10.8 Å². The number of esters is 1. The summed E-state index contributed by atoms with van der Waals surface area (Å²) in [6.07, 6.45) is 4.92. The van der Waals surface area contributed by atoms with Crippen molar-refractivity contribution in [3.8, 4) is 0 Å². The fourth-order valence-corrected chi connectivity index (χ4v) is 2.64. The molecule has 24 heavy (non-hydrogen) atoms. The van der Waals surface area contributed by atoms with Crippen molar-refractivity contribution in [1.82, 2.24) is 15.1 Å². The molecule has 136 valence electrons. The van der Waals surface area contributed by atoms with Crippen molar-refractivity contribution in [1.29, 1.82) is 0 Å². The summed E-state index contributed by atoms with van der Waals surface area (Å²) in [5.74, 6) is -0.176. The number of nitrogens with one attached hydrogen (secondary N) is 1. The molecule has 0 atom stereocenters. The zero-order valence-corrected chi connectivity index (χ0v) is 16.6. The van der Waals surface area contributed by atoms with Crippen LogP contribution in [0.5, 0.6) is 0 Å². The first-order chi connectivity index (χ1) is 10.9. The second kappa shape index (κ2) is 8.60. The third-order valence-corrected chi connectivity index (χ3v) is 3.40. The van der Waals surface area contributed by atoms with Crippen LogP contribution < -0.4 is 5.32 Å². The Kier molecular flexibility index (Phi) is 7.39. The Morgan fingerprint density at radius 2 is 1.83 bits per heavy atom. The monoisotopic (exact) mass is 353 g/mol. The van der Waals surface area contributed by atoms with Gasteiger partial charge in [0.25, 0.3) is 0 Å². The number of hydrogen-bond donors (Lipinski definition) is 1. The molecule has 1 heterocycles. The third-order valence-electron chi connectivity index (χ3n) is 3.12. The van der Waals surface area contributed by atoms with E-state index in [1.54, 1.807) is 6.20 Å². The summed E-state index contributed by atoms with van der Waals surface area (Å²) in [5, 5.41) is 7.54. The Bertz CT molecular complexity index is 553. The van der Waals surface area contributed by atoms with E-state index in [1.165, 1.54) is 0 Å². The number of aromatic nitrogens is 2. The van der Waals surface area contributed by atoms with Crippen molar-refractivity contribution < 1.29 is 9.53 Å². The van der Waals surface area contributed by atoms with E-state index in [-0.39, 0.29) is 23.4 Å². The van der Waals surface area contributed by atoms with Gasteiger partial charge in [0.1, 0.15) is 6.61 Å². The Morgan fingerprint density at radius 3 is 2.42 bits per heavy atom. The molecule has 0 unspecified atom stereocenters. The topological polar surface area (TPSA) is 56.1 Å². The highest BCUT2D eigenvalue weighted by atomic mass is 32.1. The molecule has 1 N–H and O–H groups in total. The molecule has 0 fully saturated rings. The standard InChI is InChI=1S/C18H31N3O2S/c1-17(2,3)9-15(24)19-7-8-21-12-14(11-20-21)13-23-16(22)10-18(4,5)6/h11-12H,7-10,13H2,1-6H3,(H,19,24). The summed E-state index contributed by atoms with van der Waals surface area (Å²) < 4.78 is 7.12. The predicted octanol–water partition coefficient (Wildman–Crippen LogP) is 3.72. The van der Waals surface area contributed by atoms with Gasteiger partial charge in [0.05, 0.1) is 24.2 Å². The fraction of sp³-hybridized carbons (Fsp3) is 0.722. The highest BCUT2D eigenvalue weighted by Gasteiger charge is 2.17. The average Bonchev–Trinajstić information content (AvgIpc) is 2.80. The number of carbonyl (C=O) groups is 1. The SMILES string of the molecule is CC(C)(C)CC(=O)OCc1cnn(CCNC(=S)CC(C)(C)C)c1. The molecule has 0 spiro atoms. The lowest BCUT2D eigenvalue weighted by Crippen LogP contribution is -2.29. The van der Waals surface area contributed by atoms with Crippen LogP contribution in [0.25, 0.3) is 0 Å². The number of ether oxygens (including phenoxy) is 1. The maximum Gasteiger partial charge on any atom is 0.306 e. The average molecular weight is 354 g/mol. The summed E-state index contributed by atoms with van der Waals surface area (Å²) >= 11 is 5.34. The zero-order chi connectivity index (χ0) is 18.4. The number of thiocarbonyl (C=S) groups is 1. The van der Waals surface area contributed by atoms with E-state index in [4.69, 9.17) is 17.0 Å². The van der Waals surface area contributed by atoms with Gasteiger partial charge in [-0.1, -0.05) is 53.8 Å². The number of hydrogen-bond acceptors (Lipinski definition) is 4. The summed E-state index contributed by atoms with van der Waals surface area (Å²) in [6.45, 7) is 14.3. The summed E-state index contributed by atoms with van der Waals surface area (Å²) in [4.78, 5) is 12.6. The molecule has 0 aliphatic rings. The molecule has 1 rings (SSSR count). The Labute approximate surface area is 151 Å². The van der Waals surface area contributed by atoms with Gasteiger partial charge in [-0.05, 0) is 10.8 Å². The molecule has 0 saturated heterocycles. The number of nitrogens with zero attached hydrogens (tertiary/aromatic N) is 2. The predicted molar refractivity (Wildman–Crippen MR) is 101 cm³/mol. The highest BCUT2D eigenvalue weighted by molar-refractivity contribution is 7.80. The van der Waals surface area contributed by atoms with Gasteiger partial charge in [0, 0.05) is 24.7 Å². The van der Waals surface area contributed by atoms with E-state index in [1.807, 2.05) is 31.6 Å². The molecule has 1 aromatic heterocycles. The van der Waals surface area contributed by atoms with Crippen LogP contribution in [0, 0.1) is 10.8 Å². The fourth-order valence-electron chi connectivity index (χ4n) is 2.11. The van der Waals surface area contributed by atoms with Crippen LogP contribution in [0.3, 0.4) is 0 Å². The van der Waals surface area contributed by atoms with E-state index in [2.05, 4.69) is 31.2 Å². The van der Waals surface area contributed by atoms with E-state index in [9.17, 15) is 4.79 Å². The van der Waals surface area contributed by atoms with Gasteiger partial charge in [-0.15, -0.1) is 0 Å². The van der Waals surface area contributed by atoms with E-state index < -0.39 is 0 Å². The highest BCUT2D eigenvalue weighted by Crippen LogP contribution is 2.19. The van der Waals surface area contributed by atoms with Crippen LogP contribution in [0.15, 0.2) is 12.4 Å². The molecular weight excluding hydrogens is 322 g/mol. The van der Waals surface area contributed by atoms with Gasteiger partial charge in [-0.25, -0.2) is 0 Å². The number of carbonyl (C=O) groups excluding carboxylic acids is 1. The normalized spacial score (nSPS) is 12.1. The van der Waals surface area contributed by atoms with E-state index in [0.29, 0.717) is 6.42 Å². The van der Waals surface area contributed by atoms with Gasteiger partial charge in [0.2, 0.25) is 0 Å². The van der Waals surface area contributed by atoms with Crippen LogP contribution in [-0.4, -0.2) is 27.3 Å². The lowest BCUT2D eigenvalue weighted by Gasteiger charge is -2.19. The van der Waals surface area contributed by atoms with Gasteiger partial charge in [0.15, 0.2) is 0 Å². The first-order valence-corrected chi connectivity index (χ1v) is 8.79. The maximum absolute atomic E-state index is 11.7. The third kappa shape index (κ3) is 9.65. The molecule has 0 bridgehead atoms. The zero-order valence-electron chi connectivity index (χ0n) is 15.8. The van der Waals surface area contributed by atoms with Gasteiger partial charge >= 0.3 is 5.97 Å². The minimum Gasteiger partial charge on any atom is -0.461 e. The molecule has 0 saturated carbocycles. The van der Waals surface area contributed by atoms with E-state index in [0.717, 1.165) is 30.1 Å². The minimum absolute atomic E-state index is 0.0571. The molecule has 0 aliphatic carbocycles. The smallest absolute Gasteiger partial charge is 0.306 e. The molecule has 0 aliphatic heterocycles. The van der Waals surface area contributed by atoms with Gasteiger partial charge in [-0.3, -0.25) is 9.48 Å². The minimum atomic E-state index is -0.176. The van der Waals surface area contributed by atoms with Crippen LogP contribution in [0.1, 0.15) is 59.9 Å². The van der Waals surface area contributed by atoms with Crippen molar-refractivity contribution >= 4 is 23.2 Å². The summed E-state index contributed by atoms with van der Waals surface area (Å²) in [6, 6.07) is 0. The molecule has 6 heteroatoms. The second-order valence-electron chi connectivity index (χ2n) is 8.60. The lowest BCUT2D eigenvalue weighted by molar-refractivity contribution is -0.147. The van der Waals surface area contributed by atoms with Crippen molar-refractivity contribution in [2.45, 2.75) is 67.5 Å². The Morgan fingerprint density at radius 1 is 1.21 bits per heavy atom. The summed E-state index contributed by atoms with van der Waals surface area (Å²) in [7, 11) is 0. The van der Waals surface area contributed by atoms with E-state index >= 15 is 0 Å². The largest absolute Gasteiger partial charge is 0.461 e. The number of rotatable bonds is 7. The quantitative estimate of drug-likeness (QED) is 0.598.